The Labute approximate surface area is 104 Å². The second kappa shape index (κ2) is 4.18. The van der Waals surface area contributed by atoms with Crippen LogP contribution in [-0.2, 0) is 6.18 Å². The van der Waals surface area contributed by atoms with Gasteiger partial charge < -0.3 is 0 Å². The zero-order chi connectivity index (χ0) is 14.4. The predicted molar refractivity (Wildman–Crippen MR) is 56.7 cm³/mol. The maximum absolute atomic E-state index is 12.9. The summed E-state index contributed by atoms with van der Waals surface area (Å²) >= 11 is 0. The SMILES string of the molecule is O=[N+]([O-])c1cc([N+](=O)[O-])c(C2CC2)c(C(F)(F)F)c1. The molecule has 1 aliphatic rings. The van der Waals surface area contributed by atoms with Gasteiger partial charge in [0.2, 0.25) is 0 Å². The highest BCUT2D eigenvalue weighted by Crippen LogP contribution is 2.50. The average Bonchev–Trinajstić information content (AvgIpc) is 3.09. The van der Waals surface area contributed by atoms with Crippen molar-refractivity contribution in [3.8, 4) is 0 Å². The summed E-state index contributed by atoms with van der Waals surface area (Å²) < 4.78 is 38.6. The number of rotatable bonds is 3. The van der Waals surface area contributed by atoms with Crippen molar-refractivity contribution in [3.05, 3.63) is 43.5 Å². The van der Waals surface area contributed by atoms with E-state index < -0.39 is 44.4 Å². The minimum absolute atomic E-state index is 0.362. The fourth-order valence-corrected chi connectivity index (χ4v) is 1.92. The smallest absolute Gasteiger partial charge is 0.258 e. The Morgan fingerprint density at radius 2 is 1.68 bits per heavy atom. The predicted octanol–water partition coefficient (Wildman–Crippen LogP) is 3.40. The topological polar surface area (TPSA) is 86.3 Å². The molecule has 0 saturated heterocycles. The first-order valence-corrected chi connectivity index (χ1v) is 5.25. The number of nitro benzene ring substituents is 2. The molecule has 0 bridgehead atoms. The highest BCUT2D eigenvalue weighted by atomic mass is 19.4. The summed E-state index contributed by atoms with van der Waals surface area (Å²) in [7, 11) is 0. The Hall–Kier alpha value is -2.19. The molecule has 0 heterocycles. The van der Waals surface area contributed by atoms with Gasteiger partial charge in [-0.15, -0.1) is 0 Å². The number of nitrogens with zero attached hydrogens (tertiary/aromatic N) is 2. The van der Waals surface area contributed by atoms with Gasteiger partial charge in [-0.2, -0.15) is 13.2 Å². The van der Waals surface area contributed by atoms with E-state index >= 15 is 0 Å². The average molecular weight is 276 g/mol. The first-order valence-electron chi connectivity index (χ1n) is 5.25. The minimum Gasteiger partial charge on any atom is -0.258 e. The Kier molecular flexibility index (Phi) is 2.91. The van der Waals surface area contributed by atoms with Crippen LogP contribution >= 0.6 is 0 Å². The van der Waals surface area contributed by atoms with Crippen molar-refractivity contribution >= 4 is 11.4 Å². The van der Waals surface area contributed by atoms with E-state index in [1.54, 1.807) is 0 Å². The molecular weight excluding hydrogens is 269 g/mol. The number of hydrogen-bond acceptors (Lipinski definition) is 4. The van der Waals surface area contributed by atoms with Gasteiger partial charge in [0, 0.05) is 11.6 Å². The molecule has 0 atom stereocenters. The van der Waals surface area contributed by atoms with Crippen molar-refractivity contribution in [1.82, 2.24) is 0 Å². The van der Waals surface area contributed by atoms with Crippen LogP contribution in [0, 0.1) is 20.2 Å². The fourth-order valence-electron chi connectivity index (χ4n) is 1.92. The van der Waals surface area contributed by atoms with Gasteiger partial charge in [0.05, 0.1) is 21.5 Å². The van der Waals surface area contributed by atoms with E-state index in [-0.39, 0.29) is 0 Å². The van der Waals surface area contributed by atoms with Crippen LogP contribution in [-0.4, -0.2) is 9.85 Å². The van der Waals surface area contributed by atoms with Crippen LogP contribution in [0.25, 0.3) is 0 Å². The van der Waals surface area contributed by atoms with Gasteiger partial charge in [-0.05, 0) is 18.8 Å². The molecule has 1 fully saturated rings. The van der Waals surface area contributed by atoms with E-state index in [4.69, 9.17) is 0 Å². The molecule has 0 spiro atoms. The van der Waals surface area contributed by atoms with Crippen LogP contribution in [0.15, 0.2) is 12.1 Å². The van der Waals surface area contributed by atoms with Gasteiger partial charge in [-0.3, -0.25) is 20.2 Å². The second-order valence-electron chi connectivity index (χ2n) is 4.21. The van der Waals surface area contributed by atoms with E-state index in [0.717, 1.165) is 0 Å². The molecule has 102 valence electrons. The summed E-state index contributed by atoms with van der Waals surface area (Å²) in [6.45, 7) is 0. The summed E-state index contributed by atoms with van der Waals surface area (Å²) in [4.78, 5) is 19.3. The molecule has 2 rings (SSSR count). The van der Waals surface area contributed by atoms with Crippen molar-refractivity contribution in [2.45, 2.75) is 24.9 Å². The summed E-state index contributed by atoms with van der Waals surface area (Å²) in [5, 5.41) is 21.4. The number of benzene rings is 1. The lowest BCUT2D eigenvalue weighted by molar-refractivity contribution is -0.395. The molecule has 1 aromatic carbocycles. The maximum atomic E-state index is 12.9. The Balaban J connectivity index is 2.74. The van der Waals surface area contributed by atoms with Gasteiger partial charge in [0.15, 0.2) is 0 Å². The molecule has 1 saturated carbocycles. The van der Waals surface area contributed by atoms with Crippen molar-refractivity contribution in [3.63, 3.8) is 0 Å². The third kappa shape index (κ3) is 2.49. The summed E-state index contributed by atoms with van der Waals surface area (Å²) in [6, 6.07) is 0.948. The normalized spacial score (nSPS) is 15.3. The van der Waals surface area contributed by atoms with Crippen molar-refractivity contribution in [2.24, 2.45) is 0 Å². The van der Waals surface area contributed by atoms with Crippen LogP contribution in [0.4, 0.5) is 24.5 Å². The van der Waals surface area contributed by atoms with Crippen molar-refractivity contribution < 1.29 is 23.0 Å². The maximum Gasteiger partial charge on any atom is 0.417 e. The lowest BCUT2D eigenvalue weighted by Crippen LogP contribution is -2.11. The molecule has 0 radical (unpaired) electrons. The van der Waals surface area contributed by atoms with Crippen LogP contribution in [0.2, 0.25) is 0 Å². The third-order valence-corrected chi connectivity index (χ3v) is 2.84. The summed E-state index contributed by atoms with van der Waals surface area (Å²) in [5.74, 6) is -0.544. The van der Waals surface area contributed by atoms with Crippen LogP contribution in [0.5, 0.6) is 0 Å². The quantitative estimate of drug-likeness (QED) is 0.625. The van der Waals surface area contributed by atoms with E-state index in [9.17, 15) is 33.4 Å². The van der Waals surface area contributed by atoms with E-state index in [1.165, 1.54) is 0 Å². The molecule has 0 amide bonds. The molecule has 9 heteroatoms. The molecular formula is C10H7F3N2O4. The van der Waals surface area contributed by atoms with Gasteiger partial charge in [-0.1, -0.05) is 0 Å². The minimum atomic E-state index is -4.85. The lowest BCUT2D eigenvalue weighted by atomic mass is 9.99. The van der Waals surface area contributed by atoms with E-state index in [2.05, 4.69) is 0 Å². The molecule has 0 aromatic heterocycles. The van der Waals surface area contributed by atoms with Gasteiger partial charge >= 0.3 is 6.18 Å². The molecule has 0 aliphatic heterocycles. The fraction of sp³-hybridized carbons (Fsp3) is 0.400. The number of alkyl halides is 3. The monoisotopic (exact) mass is 276 g/mol. The standard InChI is InChI=1S/C10H7F3N2O4/c11-10(12,13)7-3-6(14(16)17)4-8(15(18)19)9(7)5-1-2-5/h3-5H,1-2H2. The second-order valence-corrected chi connectivity index (χ2v) is 4.21. The number of halogens is 3. The molecule has 0 N–H and O–H groups in total. The zero-order valence-electron chi connectivity index (χ0n) is 9.31. The third-order valence-electron chi connectivity index (χ3n) is 2.84. The molecule has 19 heavy (non-hydrogen) atoms. The Morgan fingerprint density at radius 1 is 1.11 bits per heavy atom. The molecule has 1 aliphatic carbocycles. The highest BCUT2D eigenvalue weighted by Gasteiger charge is 2.44. The Bertz CT molecular complexity index is 567. The van der Waals surface area contributed by atoms with Crippen LogP contribution < -0.4 is 0 Å². The van der Waals surface area contributed by atoms with E-state index in [0.29, 0.717) is 25.0 Å². The molecule has 6 nitrogen and oxygen atoms in total. The lowest BCUT2D eigenvalue weighted by Gasteiger charge is -2.12. The van der Waals surface area contributed by atoms with Crippen LogP contribution in [0.3, 0.4) is 0 Å². The zero-order valence-corrected chi connectivity index (χ0v) is 9.31. The molecule has 1 aromatic rings. The largest absolute Gasteiger partial charge is 0.417 e. The summed E-state index contributed by atoms with van der Waals surface area (Å²) in [5.41, 5.74) is -3.48. The molecule has 0 unspecified atom stereocenters. The van der Waals surface area contributed by atoms with Gasteiger partial charge in [-0.25, -0.2) is 0 Å². The van der Waals surface area contributed by atoms with Gasteiger partial charge in [0.1, 0.15) is 0 Å². The van der Waals surface area contributed by atoms with Crippen molar-refractivity contribution in [2.75, 3.05) is 0 Å². The number of hydrogen-bond donors (Lipinski definition) is 0. The number of nitro groups is 2. The van der Waals surface area contributed by atoms with Crippen molar-refractivity contribution in [1.29, 1.82) is 0 Å². The summed E-state index contributed by atoms with van der Waals surface area (Å²) in [6.07, 6.45) is -4.02. The highest BCUT2D eigenvalue weighted by molar-refractivity contribution is 5.57. The van der Waals surface area contributed by atoms with Crippen LogP contribution in [0.1, 0.15) is 29.9 Å². The first kappa shape index (κ1) is 13.2. The van der Waals surface area contributed by atoms with Gasteiger partial charge in [0.25, 0.3) is 11.4 Å². The number of non-ortho nitro benzene ring substituents is 1. The Morgan fingerprint density at radius 3 is 2.05 bits per heavy atom. The first-order chi connectivity index (χ1) is 8.71. The van der Waals surface area contributed by atoms with E-state index in [1.807, 2.05) is 0 Å².